The van der Waals surface area contributed by atoms with Gasteiger partial charge in [0.15, 0.2) is 0 Å². The summed E-state index contributed by atoms with van der Waals surface area (Å²) in [7, 11) is 0. The molecule has 0 unspecified atom stereocenters. The van der Waals surface area contributed by atoms with E-state index in [1.54, 1.807) is 0 Å². The highest BCUT2D eigenvalue weighted by atomic mass is 14.2. The minimum atomic E-state index is 0.500. The van der Waals surface area contributed by atoms with Crippen molar-refractivity contribution in [3.05, 3.63) is 83.4 Å². The van der Waals surface area contributed by atoms with Crippen LogP contribution in [0, 0.1) is 13.8 Å². The quantitative estimate of drug-likeness (QED) is 0.360. The van der Waals surface area contributed by atoms with Gasteiger partial charge in [-0.15, -0.1) is 0 Å². The highest BCUT2D eigenvalue weighted by Gasteiger charge is 2.15. The summed E-state index contributed by atoms with van der Waals surface area (Å²) in [4.78, 5) is 0. The normalized spacial score (nSPS) is 11.6. The Morgan fingerprint density at radius 1 is 0.680 bits per heavy atom. The first-order chi connectivity index (χ1) is 12.1. The number of benzene rings is 4. The molecule has 0 aliphatic carbocycles. The maximum atomic E-state index is 2.43. The molecule has 0 atom stereocenters. The average molecular weight is 324 g/mol. The van der Waals surface area contributed by atoms with Gasteiger partial charge in [-0.05, 0) is 75.2 Å². The second-order valence-electron chi connectivity index (χ2n) is 7.32. The summed E-state index contributed by atoms with van der Waals surface area (Å²) in [6.45, 7) is 9.07. The zero-order valence-corrected chi connectivity index (χ0v) is 15.4. The number of hydrogen-bond donors (Lipinski definition) is 0. The smallest absolute Gasteiger partial charge is 0.00731 e. The van der Waals surface area contributed by atoms with Gasteiger partial charge in [-0.25, -0.2) is 0 Å². The highest BCUT2D eigenvalue weighted by molar-refractivity contribution is 6.03. The summed E-state index contributed by atoms with van der Waals surface area (Å²) < 4.78 is 0. The van der Waals surface area contributed by atoms with Crippen molar-refractivity contribution in [3.8, 4) is 11.1 Å². The summed E-state index contributed by atoms with van der Waals surface area (Å²) in [6, 6.07) is 24.5. The summed E-state index contributed by atoms with van der Waals surface area (Å²) in [5.74, 6) is 0.500. The van der Waals surface area contributed by atoms with Crippen LogP contribution in [0.5, 0.6) is 0 Å². The average Bonchev–Trinajstić information content (AvgIpc) is 2.62. The number of rotatable bonds is 2. The Morgan fingerprint density at radius 3 is 2.04 bits per heavy atom. The molecule has 0 heterocycles. The third kappa shape index (κ3) is 2.53. The van der Waals surface area contributed by atoms with Crippen LogP contribution in [-0.4, -0.2) is 0 Å². The number of hydrogen-bond acceptors (Lipinski definition) is 0. The molecule has 0 aliphatic heterocycles. The van der Waals surface area contributed by atoms with Crippen molar-refractivity contribution in [1.82, 2.24) is 0 Å². The van der Waals surface area contributed by atoms with Gasteiger partial charge in [-0.1, -0.05) is 74.5 Å². The fourth-order valence-electron chi connectivity index (χ4n) is 4.02. The molecule has 25 heavy (non-hydrogen) atoms. The SMILES string of the molecule is Cc1ccc2ccccc2c1-c1cc(C(C)C)c2ccccc2c1C. The molecule has 0 N–H and O–H groups in total. The second-order valence-corrected chi connectivity index (χ2v) is 7.32. The van der Waals surface area contributed by atoms with E-state index in [1.165, 1.54) is 49.4 Å². The first-order valence-electron chi connectivity index (χ1n) is 9.09. The molecule has 0 amide bonds. The van der Waals surface area contributed by atoms with Crippen molar-refractivity contribution >= 4 is 21.5 Å². The van der Waals surface area contributed by atoms with E-state index >= 15 is 0 Å². The zero-order valence-electron chi connectivity index (χ0n) is 15.4. The molecule has 0 bridgehead atoms. The third-order valence-electron chi connectivity index (χ3n) is 5.37. The predicted molar refractivity (Wildman–Crippen MR) is 110 cm³/mol. The first kappa shape index (κ1) is 15.9. The Kier molecular flexibility index (Phi) is 3.84. The molecule has 0 aromatic heterocycles. The van der Waals surface area contributed by atoms with Gasteiger partial charge in [0.05, 0.1) is 0 Å². The number of fused-ring (bicyclic) bond motifs is 2. The van der Waals surface area contributed by atoms with E-state index < -0.39 is 0 Å². The van der Waals surface area contributed by atoms with Gasteiger partial charge in [-0.2, -0.15) is 0 Å². The summed E-state index contributed by atoms with van der Waals surface area (Å²) in [5.41, 5.74) is 6.90. The van der Waals surface area contributed by atoms with E-state index in [0.717, 1.165) is 0 Å². The van der Waals surface area contributed by atoms with E-state index in [-0.39, 0.29) is 0 Å². The largest absolute Gasteiger partial charge is 0.0616 e. The van der Waals surface area contributed by atoms with Crippen LogP contribution in [0.4, 0.5) is 0 Å². The summed E-state index contributed by atoms with van der Waals surface area (Å²) >= 11 is 0. The topological polar surface area (TPSA) is 0 Å². The molecule has 124 valence electrons. The Balaban J connectivity index is 2.16. The van der Waals surface area contributed by atoms with Crippen LogP contribution in [0.15, 0.2) is 66.7 Å². The van der Waals surface area contributed by atoms with Crippen molar-refractivity contribution in [2.24, 2.45) is 0 Å². The minimum Gasteiger partial charge on any atom is -0.0616 e. The summed E-state index contributed by atoms with van der Waals surface area (Å²) in [5, 5.41) is 5.41. The van der Waals surface area contributed by atoms with Crippen LogP contribution in [0.25, 0.3) is 32.7 Å². The van der Waals surface area contributed by atoms with Gasteiger partial charge in [0.2, 0.25) is 0 Å². The van der Waals surface area contributed by atoms with Crippen molar-refractivity contribution in [2.75, 3.05) is 0 Å². The molecular weight excluding hydrogens is 300 g/mol. The monoisotopic (exact) mass is 324 g/mol. The zero-order chi connectivity index (χ0) is 17.6. The molecule has 0 saturated heterocycles. The van der Waals surface area contributed by atoms with Gasteiger partial charge in [0.1, 0.15) is 0 Å². The number of aryl methyl sites for hydroxylation is 2. The maximum Gasteiger partial charge on any atom is -0.00731 e. The molecular formula is C25H24. The van der Waals surface area contributed by atoms with Crippen molar-refractivity contribution in [1.29, 1.82) is 0 Å². The lowest BCUT2D eigenvalue weighted by atomic mass is 9.85. The highest BCUT2D eigenvalue weighted by Crippen LogP contribution is 2.39. The van der Waals surface area contributed by atoms with Gasteiger partial charge < -0.3 is 0 Å². The van der Waals surface area contributed by atoms with Crippen molar-refractivity contribution in [2.45, 2.75) is 33.6 Å². The first-order valence-corrected chi connectivity index (χ1v) is 9.09. The maximum absolute atomic E-state index is 2.43. The molecule has 0 heteroatoms. The van der Waals surface area contributed by atoms with Crippen LogP contribution < -0.4 is 0 Å². The Hall–Kier alpha value is -2.60. The van der Waals surface area contributed by atoms with Gasteiger partial charge in [0, 0.05) is 0 Å². The fraction of sp³-hybridized carbons (Fsp3) is 0.200. The van der Waals surface area contributed by atoms with Crippen LogP contribution in [0.1, 0.15) is 36.5 Å². The predicted octanol–water partition coefficient (Wildman–Crippen LogP) is 7.40. The standard InChI is InChI=1S/C25H24/c1-16(2)23-15-24(18(4)20-10-7-8-12-22(20)23)25-17(3)13-14-19-9-5-6-11-21(19)25/h5-16H,1-4H3. The third-order valence-corrected chi connectivity index (χ3v) is 5.37. The van der Waals surface area contributed by atoms with E-state index in [2.05, 4.69) is 94.4 Å². The van der Waals surface area contributed by atoms with Crippen LogP contribution in [0.2, 0.25) is 0 Å². The van der Waals surface area contributed by atoms with E-state index in [0.29, 0.717) is 5.92 Å². The summed E-state index contributed by atoms with van der Waals surface area (Å²) in [6.07, 6.45) is 0. The lowest BCUT2D eigenvalue weighted by Gasteiger charge is -2.19. The van der Waals surface area contributed by atoms with Gasteiger partial charge >= 0.3 is 0 Å². The molecule has 0 nitrogen and oxygen atoms in total. The van der Waals surface area contributed by atoms with E-state index in [4.69, 9.17) is 0 Å². The minimum absolute atomic E-state index is 0.500. The Bertz CT molecular complexity index is 1080. The molecule has 0 radical (unpaired) electrons. The van der Waals surface area contributed by atoms with E-state index in [9.17, 15) is 0 Å². The van der Waals surface area contributed by atoms with Crippen LogP contribution in [0.3, 0.4) is 0 Å². The van der Waals surface area contributed by atoms with Crippen LogP contribution in [-0.2, 0) is 0 Å². The molecule has 4 aromatic rings. The van der Waals surface area contributed by atoms with Crippen molar-refractivity contribution in [3.63, 3.8) is 0 Å². The lowest BCUT2D eigenvalue weighted by molar-refractivity contribution is 0.876. The van der Waals surface area contributed by atoms with Crippen molar-refractivity contribution < 1.29 is 0 Å². The Labute approximate surface area is 150 Å². The molecule has 4 rings (SSSR count). The molecule has 0 aliphatic rings. The second kappa shape index (κ2) is 6.04. The van der Waals surface area contributed by atoms with E-state index in [1.807, 2.05) is 0 Å². The molecule has 0 fully saturated rings. The fourth-order valence-corrected chi connectivity index (χ4v) is 4.02. The molecule has 0 saturated carbocycles. The lowest BCUT2D eigenvalue weighted by Crippen LogP contribution is -1.96. The van der Waals surface area contributed by atoms with Gasteiger partial charge in [0.25, 0.3) is 0 Å². The van der Waals surface area contributed by atoms with Crippen LogP contribution >= 0.6 is 0 Å². The molecule has 0 spiro atoms. The Morgan fingerprint density at radius 2 is 1.32 bits per heavy atom. The molecule has 4 aromatic carbocycles. The van der Waals surface area contributed by atoms with Gasteiger partial charge in [-0.3, -0.25) is 0 Å².